The molecule has 0 spiro atoms. The Balaban J connectivity index is 1.92. The van der Waals surface area contributed by atoms with Gasteiger partial charge in [-0.05, 0) is 47.0 Å². The molecule has 1 unspecified atom stereocenters. The summed E-state index contributed by atoms with van der Waals surface area (Å²) in [6.07, 6.45) is 2.58. The Hall–Kier alpha value is -2.50. The first-order valence-electron chi connectivity index (χ1n) is 8.56. The van der Waals surface area contributed by atoms with Gasteiger partial charge < -0.3 is 0 Å². The fraction of sp³-hybridized carbons (Fsp3) is 0.143. The normalized spacial score (nSPS) is 16.2. The first kappa shape index (κ1) is 15.7. The summed E-state index contributed by atoms with van der Waals surface area (Å²) in [5, 5.41) is 4.18. The number of ketones is 1. The first-order valence-corrected chi connectivity index (χ1v) is 10.3. The maximum atomic E-state index is 13.1. The molecule has 1 aliphatic carbocycles. The van der Waals surface area contributed by atoms with Crippen LogP contribution in [0.15, 0.2) is 59.4 Å². The SMILES string of the molecule is CC1Cc2c(-c3cccs3)c(-c3cccs3)n(-c3ccccn3)c2C1=O. The smallest absolute Gasteiger partial charge is 0.183 e. The van der Waals surface area contributed by atoms with Crippen molar-refractivity contribution >= 4 is 28.5 Å². The molecule has 5 heteroatoms. The van der Waals surface area contributed by atoms with E-state index in [4.69, 9.17) is 0 Å². The van der Waals surface area contributed by atoms with Crippen molar-refractivity contribution in [3.8, 4) is 26.8 Å². The molecule has 0 N–H and O–H groups in total. The van der Waals surface area contributed by atoms with Crippen molar-refractivity contribution in [2.45, 2.75) is 13.3 Å². The number of carbonyl (C=O) groups is 1. The molecular formula is C21H16N2OS2. The van der Waals surface area contributed by atoms with Gasteiger partial charge in [-0.3, -0.25) is 9.36 Å². The van der Waals surface area contributed by atoms with Crippen LogP contribution in [0.4, 0.5) is 0 Å². The van der Waals surface area contributed by atoms with E-state index < -0.39 is 0 Å². The number of rotatable bonds is 3. The third-order valence-corrected chi connectivity index (χ3v) is 6.63. The molecule has 0 radical (unpaired) electrons. The molecule has 5 rings (SSSR count). The predicted molar refractivity (Wildman–Crippen MR) is 107 cm³/mol. The molecule has 26 heavy (non-hydrogen) atoms. The van der Waals surface area contributed by atoms with Gasteiger partial charge in [-0.1, -0.05) is 25.1 Å². The topological polar surface area (TPSA) is 34.9 Å². The number of fused-ring (bicyclic) bond motifs is 1. The van der Waals surface area contributed by atoms with Crippen LogP contribution in [-0.4, -0.2) is 15.3 Å². The second-order valence-electron chi connectivity index (χ2n) is 6.50. The van der Waals surface area contributed by atoms with Gasteiger partial charge in [0.05, 0.1) is 16.3 Å². The third kappa shape index (κ3) is 2.24. The van der Waals surface area contributed by atoms with Crippen LogP contribution in [0.3, 0.4) is 0 Å². The summed E-state index contributed by atoms with van der Waals surface area (Å²) < 4.78 is 2.09. The van der Waals surface area contributed by atoms with Crippen LogP contribution < -0.4 is 0 Å². The lowest BCUT2D eigenvalue weighted by Crippen LogP contribution is -2.12. The van der Waals surface area contributed by atoms with Crippen LogP contribution in [0.2, 0.25) is 0 Å². The fourth-order valence-corrected chi connectivity index (χ4v) is 5.32. The zero-order valence-corrected chi connectivity index (χ0v) is 15.8. The van der Waals surface area contributed by atoms with Gasteiger partial charge in [-0.25, -0.2) is 4.98 Å². The van der Waals surface area contributed by atoms with Crippen molar-refractivity contribution in [3.63, 3.8) is 0 Å². The van der Waals surface area contributed by atoms with E-state index in [1.54, 1.807) is 28.9 Å². The minimum atomic E-state index is 0.0195. The van der Waals surface area contributed by atoms with Gasteiger partial charge in [0.15, 0.2) is 5.78 Å². The largest absolute Gasteiger partial charge is 0.292 e. The van der Waals surface area contributed by atoms with E-state index >= 15 is 0 Å². The summed E-state index contributed by atoms with van der Waals surface area (Å²) in [5.74, 6) is 1.04. The summed E-state index contributed by atoms with van der Waals surface area (Å²) in [5.41, 5.74) is 4.26. The van der Waals surface area contributed by atoms with E-state index in [9.17, 15) is 4.79 Å². The molecule has 0 bridgehead atoms. The van der Waals surface area contributed by atoms with E-state index in [1.807, 2.05) is 25.1 Å². The van der Waals surface area contributed by atoms with Crippen LogP contribution in [-0.2, 0) is 6.42 Å². The maximum Gasteiger partial charge on any atom is 0.183 e. The van der Waals surface area contributed by atoms with Gasteiger partial charge in [0, 0.05) is 22.6 Å². The molecule has 1 aliphatic rings. The second kappa shape index (κ2) is 6.04. The number of hydrogen-bond acceptors (Lipinski definition) is 4. The van der Waals surface area contributed by atoms with Crippen LogP contribution >= 0.6 is 22.7 Å². The van der Waals surface area contributed by atoms with Gasteiger partial charge in [-0.15, -0.1) is 22.7 Å². The number of hydrogen-bond donors (Lipinski definition) is 0. The molecule has 128 valence electrons. The highest BCUT2D eigenvalue weighted by atomic mass is 32.1. The molecule has 4 heterocycles. The lowest BCUT2D eigenvalue weighted by atomic mass is 10.0. The molecule has 0 aromatic carbocycles. The second-order valence-corrected chi connectivity index (χ2v) is 8.39. The molecular weight excluding hydrogens is 360 g/mol. The van der Waals surface area contributed by atoms with E-state index in [0.717, 1.165) is 28.5 Å². The quantitative estimate of drug-likeness (QED) is 0.459. The van der Waals surface area contributed by atoms with Gasteiger partial charge in [0.1, 0.15) is 5.82 Å². The average Bonchev–Trinajstić information content (AvgIpc) is 3.42. The molecule has 4 aromatic rings. The van der Waals surface area contributed by atoms with Gasteiger partial charge in [0.2, 0.25) is 0 Å². The summed E-state index contributed by atoms with van der Waals surface area (Å²) in [6.45, 7) is 2.02. The highest BCUT2D eigenvalue weighted by Crippen LogP contribution is 2.47. The van der Waals surface area contributed by atoms with Crippen LogP contribution in [0.25, 0.3) is 26.8 Å². The number of aromatic nitrogens is 2. The zero-order chi connectivity index (χ0) is 17.7. The minimum absolute atomic E-state index is 0.0195. The van der Waals surface area contributed by atoms with E-state index in [2.05, 4.69) is 44.6 Å². The van der Waals surface area contributed by atoms with Crippen molar-refractivity contribution in [2.75, 3.05) is 0 Å². The molecule has 1 atom stereocenters. The number of pyridine rings is 1. The monoisotopic (exact) mass is 376 g/mol. The van der Waals surface area contributed by atoms with Crippen molar-refractivity contribution in [2.24, 2.45) is 5.92 Å². The summed E-state index contributed by atoms with van der Waals surface area (Å²) >= 11 is 3.42. The highest BCUT2D eigenvalue weighted by molar-refractivity contribution is 7.14. The Labute approximate surface area is 159 Å². The first-order chi connectivity index (χ1) is 12.8. The average molecular weight is 377 g/mol. The molecule has 0 saturated carbocycles. The zero-order valence-electron chi connectivity index (χ0n) is 14.2. The number of Topliss-reactive ketones (excluding diaryl/α,β-unsaturated/α-hetero) is 1. The standard InChI is InChI=1S/C21H16N2OS2/c1-13-12-14-18(15-6-4-10-25-15)20(16-7-5-11-26-16)23(19(14)21(13)24)17-8-2-3-9-22-17/h2-11,13H,12H2,1H3. The van der Waals surface area contributed by atoms with E-state index in [1.165, 1.54) is 16.0 Å². The van der Waals surface area contributed by atoms with E-state index in [0.29, 0.717) is 0 Å². The van der Waals surface area contributed by atoms with Gasteiger partial charge in [-0.2, -0.15) is 0 Å². The lowest BCUT2D eigenvalue weighted by Gasteiger charge is -2.13. The maximum absolute atomic E-state index is 13.1. The molecule has 3 nitrogen and oxygen atoms in total. The Morgan fingerprint density at radius 2 is 1.77 bits per heavy atom. The Bertz CT molecular complexity index is 1080. The Morgan fingerprint density at radius 1 is 1.00 bits per heavy atom. The summed E-state index contributed by atoms with van der Waals surface area (Å²) in [6, 6.07) is 14.3. The Kier molecular flexibility index (Phi) is 3.65. The van der Waals surface area contributed by atoms with E-state index in [-0.39, 0.29) is 11.7 Å². The van der Waals surface area contributed by atoms with Crippen LogP contribution in [0.1, 0.15) is 23.0 Å². The number of thiophene rings is 2. The highest BCUT2D eigenvalue weighted by Gasteiger charge is 2.38. The molecule has 4 aromatic heterocycles. The van der Waals surface area contributed by atoms with Crippen LogP contribution in [0, 0.1) is 5.92 Å². The van der Waals surface area contributed by atoms with Crippen molar-refractivity contribution in [1.82, 2.24) is 9.55 Å². The fourth-order valence-electron chi connectivity index (χ4n) is 3.76. The Morgan fingerprint density at radius 3 is 2.42 bits per heavy atom. The number of nitrogens with zero attached hydrogens (tertiary/aromatic N) is 2. The summed E-state index contributed by atoms with van der Waals surface area (Å²) in [7, 11) is 0. The van der Waals surface area contributed by atoms with Crippen molar-refractivity contribution < 1.29 is 4.79 Å². The molecule has 0 aliphatic heterocycles. The van der Waals surface area contributed by atoms with Crippen molar-refractivity contribution in [3.05, 3.63) is 70.7 Å². The van der Waals surface area contributed by atoms with Gasteiger partial charge in [0.25, 0.3) is 0 Å². The predicted octanol–water partition coefficient (Wildman–Crippen LogP) is 5.70. The molecule has 0 amide bonds. The molecule has 0 fully saturated rings. The minimum Gasteiger partial charge on any atom is -0.292 e. The van der Waals surface area contributed by atoms with Crippen molar-refractivity contribution in [1.29, 1.82) is 0 Å². The summed E-state index contributed by atoms with van der Waals surface area (Å²) in [4.78, 5) is 20.0. The third-order valence-electron chi connectivity index (χ3n) is 4.86. The van der Waals surface area contributed by atoms with Gasteiger partial charge >= 0.3 is 0 Å². The number of carbonyl (C=O) groups excluding carboxylic acids is 1. The molecule has 0 saturated heterocycles. The lowest BCUT2D eigenvalue weighted by molar-refractivity contribution is 0.0940. The van der Waals surface area contributed by atoms with Crippen LogP contribution in [0.5, 0.6) is 0 Å².